The number of anilines is 1. The second-order valence-corrected chi connectivity index (χ2v) is 5.04. The van der Waals surface area contributed by atoms with Crippen molar-refractivity contribution in [2.45, 2.75) is 6.92 Å². The Bertz CT molecular complexity index is 822. The predicted molar refractivity (Wildman–Crippen MR) is 83.9 cm³/mol. The molecule has 0 aliphatic heterocycles. The van der Waals surface area contributed by atoms with E-state index in [1.807, 2.05) is 0 Å². The van der Waals surface area contributed by atoms with Crippen molar-refractivity contribution in [3.63, 3.8) is 0 Å². The SMILES string of the molecule is Cc1ccc(NC(=O)c2ccc([N+](=O)[O-])cc2[N+](=O)[O-])cc1Cl. The molecule has 0 unspecified atom stereocenters. The monoisotopic (exact) mass is 335 g/mol. The van der Waals surface area contributed by atoms with Gasteiger partial charge in [0, 0.05) is 16.8 Å². The van der Waals surface area contributed by atoms with E-state index in [0.717, 1.165) is 23.8 Å². The number of non-ortho nitro benzene ring substituents is 1. The normalized spacial score (nSPS) is 10.2. The molecule has 118 valence electrons. The summed E-state index contributed by atoms with van der Waals surface area (Å²) in [7, 11) is 0. The Morgan fingerprint density at radius 2 is 1.78 bits per heavy atom. The minimum atomic E-state index is -0.843. The number of hydrogen-bond acceptors (Lipinski definition) is 5. The molecule has 0 heterocycles. The van der Waals surface area contributed by atoms with Crippen LogP contribution >= 0.6 is 11.6 Å². The zero-order chi connectivity index (χ0) is 17.1. The van der Waals surface area contributed by atoms with Gasteiger partial charge in [-0.05, 0) is 30.7 Å². The highest BCUT2D eigenvalue weighted by Crippen LogP contribution is 2.26. The maximum Gasteiger partial charge on any atom is 0.289 e. The highest BCUT2D eigenvalue weighted by molar-refractivity contribution is 6.31. The van der Waals surface area contributed by atoms with E-state index in [9.17, 15) is 25.0 Å². The lowest BCUT2D eigenvalue weighted by atomic mass is 10.1. The maximum absolute atomic E-state index is 12.2. The molecule has 9 heteroatoms. The minimum absolute atomic E-state index is 0.280. The van der Waals surface area contributed by atoms with Gasteiger partial charge in [0.15, 0.2) is 0 Å². The number of carbonyl (C=O) groups is 1. The summed E-state index contributed by atoms with van der Waals surface area (Å²) < 4.78 is 0. The van der Waals surface area contributed by atoms with Crippen molar-refractivity contribution in [1.29, 1.82) is 0 Å². The maximum atomic E-state index is 12.2. The van der Waals surface area contributed by atoms with Gasteiger partial charge in [0.05, 0.1) is 15.9 Å². The van der Waals surface area contributed by atoms with Gasteiger partial charge in [0.1, 0.15) is 5.56 Å². The Morgan fingerprint density at radius 1 is 1.09 bits per heavy atom. The van der Waals surface area contributed by atoms with Crippen molar-refractivity contribution in [2.24, 2.45) is 0 Å². The fourth-order valence-corrected chi connectivity index (χ4v) is 2.03. The Hall–Kier alpha value is -3.00. The molecule has 0 aromatic heterocycles. The van der Waals surface area contributed by atoms with Crippen LogP contribution in [-0.4, -0.2) is 15.8 Å². The van der Waals surface area contributed by atoms with Crippen LogP contribution in [0.4, 0.5) is 17.1 Å². The van der Waals surface area contributed by atoms with E-state index < -0.39 is 27.1 Å². The molecule has 0 saturated heterocycles. The highest BCUT2D eigenvalue weighted by Gasteiger charge is 2.24. The highest BCUT2D eigenvalue weighted by atomic mass is 35.5. The molecule has 0 radical (unpaired) electrons. The molecule has 0 aliphatic rings. The van der Waals surface area contributed by atoms with E-state index in [2.05, 4.69) is 5.32 Å². The molecule has 0 saturated carbocycles. The molecule has 23 heavy (non-hydrogen) atoms. The summed E-state index contributed by atoms with van der Waals surface area (Å²) in [6.07, 6.45) is 0. The summed E-state index contributed by atoms with van der Waals surface area (Å²) in [5, 5.41) is 24.6. The second kappa shape index (κ2) is 6.41. The molecular formula is C14H10ClN3O5. The number of nitrogens with one attached hydrogen (secondary N) is 1. The molecule has 1 amide bonds. The van der Waals surface area contributed by atoms with Crippen molar-refractivity contribution in [2.75, 3.05) is 5.32 Å². The summed E-state index contributed by atoms with van der Waals surface area (Å²) in [5.41, 5.74) is -0.219. The lowest BCUT2D eigenvalue weighted by molar-refractivity contribution is -0.394. The summed E-state index contributed by atoms with van der Waals surface area (Å²) in [4.78, 5) is 32.3. The largest absolute Gasteiger partial charge is 0.322 e. The first kappa shape index (κ1) is 16.4. The first-order valence-corrected chi connectivity index (χ1v) is 6.67. The van der Waals surface area contributed by atoms with Crippen molar-refractivity contribution in [3.8, 4) is 0 Å². The van der Waals surface area contributed by atoms with Crippen molar-refractivity contribution < 1.29 is 14.6 Å². The number of rotatable bonds is 4. The molecule has 0 spiro atoms. The van der Waals surface area contributed by atoms with Gasteiger partial charge in [-0.1, -0.05) is 17.7 Å². The van der Waals surface area contributed by atoms with E-state index in [4.69, 9.17) is 11.6 Å². The summed E-state index contributed by atoms with van der Waals surface area (Å²) >= 11 is 5.95. The number of aryl methyl sites for hydroxylation is 1. The fourth-order valence-electron chi connectivity index (χ4n) is 1.85. The molecule has 0 bridgehead atoms. The quantitative estimate of drug-likeness (QED) is 0.675. The van der Waals surface area contributed by atoms with Gasteiger partial charge in [0.25, 0.3) is 17.3 Å². The van der Waals surface area contributed by atoms with E-state index in [0.29, 0.717) is 10.7 Å². The lowest BCUT2D eigenvalue weighted by Crippen LogP contribution is -2.14. The van der Waals surface area contributed by atoms with E-state index in [-0.39, 0.29) is 5.56 Å². The Morgan fingerprint density at radius 3 is 2.35 bits per heavy atom. The number of halogens is 1. The predicted octanol–water partition coefficient (Wildman–Crippen LogP) is 3.72. The van der Waals surface area contributed by atoms with Crippen LogP contribution in [0.5, 0.6) is 0 Å². The van der Waals surface area contributed by atoms with Gasteiger partial charge in [-0.15, -0.1) is 0 Å². The van der Waals surface area contributed by atoms with Gasteiger partial charge in [-0.2, -0.15) is 0 Å². The van der Waals surface area contributed by atoms with Gasteiger partial charge < -0.3 is 5.32 Å². The summed E-state index contributed by atoms with van der Waals surface area (Å²) in [6.45, 7) is 1.79. The van der Waals surface area contributed by atoms with Crippen LogP contribution in [0.1, 0.15) is 15.9 Å². The zero-order valence-electron chi connectivity index (χ0n) is 11.8. The third-order valence-electron chi connectivity index (χ3n) is 3.06. The molecule has 2 rings (SSSR count). The number of amides is 1. The molecule has 0 aliphatic carbocycles. The van der Waals surface area contributed by atoms with Crippen LogP contribution in [0.2, 0.25) is 5.02 Å². The van der Waals surface area contributed by atoms with E-state index in [1.165, 1.54) is 6.07 Å². The van der Waals surface area contributed by atoms with E-state index in [1.54, 1.807) is 19.1 Å². The minimum Gasteiger partial charge on any atom is -0.322 e. The van der Waals surface area contributed by atoms with Crippen LogP contribution in [0.3, 0.4) is 0 Å². The Labute approximate surface area is 135 Å². The van der Waals surface area contributed by atoms with Crippen LogP contribution in [0, 0.1) is 27.2 Å². The molecule has 2 aromatic rings. The smallest absolute Gasteiger partial charge is 0.289 e. The van der Waals surface area contributed by atoms with Crippen LogP contribution < -0.4 is 5.32 Å². The third-order valence-corrected chi connectivity index (χ3v) is 3.47. The van der Waals surface area contributed by atoms with Crippen LogP contribution in [0.15, 0.2) is 36.4 Å². The third kappa shape index (κ3) is 3.61. The van der Waals surface area contributed by atoms with Gasteiger partial charge in [0.2, 0.25) is 0 Å². The summed E-state index contributed by atoms with van der Waals surface area (Å²) in [5.74, 6) is -0.758. The molecule has 0 fully saturated rings. The zero-order valence-corrected chi connectivity index (χ0v) is 12.5. The van der Waals surface area contributed by atoms with Crippen LogP contribution in [-0.2, 0) is 0 Å². The average Bonchev–Trinajstić information content (AvgIpc) is 2.50. The van der Waals surface area contributed by atoms with E-state index >= 15 is 0 Å². The first-order valence-electron chi connectivity index (χ1n) is 6.30. The van der Waals surface area contributed by atoms with Crippen molar-refractivity contribution >= 4 is 34.6 Å². The first-order chi connectivity index (χ1) is 10.8. The molecule has 0 atom stereocenters. The topological polar surface area (TPSA) is 115 Å². The number of nitro groups is 2. The number of benzene rings is 2. The second-order valence-electron chi connectivity index (χ2n) is 4.63. The number of carbonyl (C=O) groups excluding carboxylic acids is 1. The molecule has 8 nitrogen and oxygen atoms in total. The Balaban J connectivity index is 2.36. The molecule has 1 N–H and O–H groups in total. The number of hydrogen-bond donors (Lipinski definition) is 1. The van der Waals surface area contributed by atoms with Crippen LogP contribution in [0.25, 0.3) is 0 Å². The average molecular weight is 336 g/mol. The summed E-state index contributed by atoms with van der Waals surface area (Å²) in [6, 6.07) is 7.60. The van der Waals surface area contributed by atoms with Crippen molar-refractivity contribution in [3.05, 3.63) is 72.8 Å². The Kier molecular flexibility index (Phi) is 4.56. The van der Waals surface area contributed by atoms with Crippen molar-refractivity contribution in [1.82, 2.24) is 0 Å². The van der Waals surface area contributed by atoms with Gasteiger partial charge in [-0.25, -0.2) is 0 Å². The number of nitro benzene ring substituents is 2. The fraction of sp³-hybridized carbons (Fsp3) is 0.0714. The number of nitrogens with zero attached hydrogens (tertiary/aromatic N) is 2. The molecular weight excluding hydrogens is 326 g/mol. The molecule has 2 aromatic carbocycles. The van der Waals surface area contributed by atoms with Gasteiger partial charge in [-0.3, -0.25) is 25.0 Å². The lowest BCUT2D eigenvalue weighted by Gasteiger charge is -2.07. The van der Waals surface area contributed by atoms with Gasteiger partial charge >= 0.3 is 0 Å². The standard InChI is InChI=1S/C14H10ClN3O5/c1-8-2-3-9(6-12(8)15)16-14(19)11-5-4-10(17(20)21)7-13(11)18(22)23/h2-7H,1H3,(H,16,19).